The molecule has 1 aromatic carbocycles. The molecule has 1 saturated carbocycles. The number of pyridine rings is 1. The summed E-state index contributed by atoms with van der Waals surface area (Å²) in [5.41, 5.74) is 1.36. The van der Waals surface area contributed by atoms with Crippen molar-refractivity contribution in [2.45, 2.75) is 31.0 Å². The third-order valence-electron chi connectivity index (χ3n) is 5.93. The number of benzene rings is 1. The predicted octanol–water partition coefficient (Wildman–Crippen LogP) is 2.14. The number of aromatic nitrogens is 1. The van der Waals surface area contributed by atoms with Gasteiger partial charge in [-0.1, -0.05) is 12.1 Å². The van der Waals surface area contributed by atoms with Gasteiger partial charge in [-0.15, -0.1) is 0 Å². The van der Waals surface area contributed by atoms with Crippen LogP contribution in [0, 0.1) is 11.8 Å². The maximum Gasteiger partial charge on any atom is 0.115 e. The first-order chi connectivity index (χ1) is 12.5. The summed E-state index contributed by atoms with van der Waals surface area (Å²) in [5.74, 6) is 1.20. The van der Waals surface area contributed by atoms with E-state index in [1.807, 2.05) is 12.1 Å². The lowest BCUT2D eigenvalue weighted by molar-refractivity contribution is 0.0328. The first kappa shape index (κ1) is 17.5. The Labute approximate surface area is 153 Å². The van der Waals surface area contributed by atoms with Gasteiger partial charge in [-0.2, -0.15) is 0 Å². The van der Waals surface area contributed by atoms with Crippen molar-refractivity contribution < 1.29 is 15.3 Å². The molecule has 5 nitrogen and oxygen atoms in total. The zero-order valence-corrected chi connectivity index (χ0v) is 14.8. The molecule has 1 aliphatic carbocycles. The quantitative estimate of drug-likeness (QED) is 0.767. The van der Waals surface area contributed by atoms with Crippen molar-refractivity contribution >= 4 is 0 Å². The summed E-state index contributed by atoms with van der Waals surface area (Å²) in [4.78, 5) is 6.35. The van der Waals surface area contributed by atoms with Gasteiger partial charge in [0, 0.05) is 38.4 Å². The molecule has 0 radical (unpaired) electrons. The number of phenolic OH excluding ortho intramolecular Hbond substituents is 1. The standard InChI is InChI=1S/C21H26N2O3/c24-19-3-1-16(2-4-19)20(25)14-23-12-17-10-21(26,11-18(17)13-23)9-15-5-7-22-8-6-15/h1-8,17-18,20,24-26H,9-14H2/t17-,18+,20?,21+. The molecule has 0 spiro atoms. The highest BCUT2D eigenvalue weighted by Crippen LogP contribution is 2.45. The Morgan fingerprint density at radius 1 is 1.04 bits per heavy atom. The summed E-state index contributed by atoms with van der Waals surface area (Å²) >= 11 is 0. The van der Waals surface area contributed by atoms with Gasteiger partial charge in [0.15, 0.2) is 0 Å². The lowest BCUT2D eigenvalue weighted by Crippen LogP contribution is -2.33. The Hall–Kier alpha value is -1.95. The number of likely N-dealkylation sites (tertiary alicyclic amines) is 1. The molecule has 0 amide bonds. The van der Waals surface area contributed by atoms with Crippen LogP contribution in [0.4, 0.5) is 0 Å². The van der Waals surface area contributed by atoms with Crippen LogP contribution in [0.2, 0.25) is 0 Å². The number of fused-ring (bicyclic) bond motifs is 1. The van der Waals surface area contributed by atoms with Crippen LogP contribution in [0.25, 0.3) is 0 Å². The lowest BCUT2D eigenvalue weighted by atomic mass is 9.92. The maximum absolute atomic E-state index is 11.0. The molecule has 2 heterocycles. The van der Waals surface area contributed by atoms with Crippen molar-refractivity contribution in [3.63, 3.8) is 0 Å². The SMILES string of the molecule is Oc1ccc(C(O)CN2C[C@@H]3C[C@](O)(Cc4ccncc4)C[C@@H]3C2)cc1. The molecule has 3 N–H and O–H groups in total. The fourth-order valence-electron chi connectivity index (χ4n) is 4.78. The van der Waals surface area contributed by atoms with Gasteiger partial charge in [0.05, 0.1) is 11.7 Å². The van der Waals surface area contributed by atoms with Gasteiger partial charge in [-0.05, 0) is 60.1 Å². The number of aromatic hydroxyl groups is 1. The first-order valence-corrected chi connectivity index (χ1v) is 9.31. The van der Waals surface area contributed by atoms with Crippen molar-refractivity contribution in [3.8, 4) is 5.75 Å². The van der Waals surface area contributed by atoms with Crippen LogP contribution in [0.5, 0.6) is 5.75 Å². The molecule has 1 aromatic heterocycles. The predicted molar refractivity (Wildman–Crippen MR) is 98.6 cm³/mol. The minimum Gasteiger partial charge on any atom is -0.508 e. The van der Waals surface area contributed by atoms with Crippen molar-refractivity contribution in [2.75, 3.05) is 19.6 Å². The van der Waals surface area contributed by atoms with Crippen LogP contribution in [0.3, 0.4) is 0 Å². The summed E-state index contributed by atoms with van der Waals surface area (Å²) in [5, 5.41) is 30.8. The highest BCUT2D eigenvalue weighted by atomic mass is 16.3. The van der Waals surface area contributed by atoms with E-state index in [2.05, 4.69) is 9.88 Å². The summed E-state index contributed by atoms with van der Waals surface area (Å²) < 4.78 is 0. The molecule has 2 fully saturated rings. The van der Waals surface area contributed by atoms with Gasteiger partial charge in [0.1, 0.15) is 5.75 Å². The summed E-state index contributed by atoms with van der Waals surface area (Å²) in [6, 6.07) is 10.7. The van der Waals surface area contributed by atoms with E-state index in [1.54, 1.807) is 36.7 Å². The Kier molecular flexibility index (Phi) is 4.69. The van der Waals surface area contributed by atoms with E-state index in [1.165, 1.54) is 0 Å². The minimum absolute atomic E-state index is 0.213. The highest BCUT2D eigenvalue weighted by Gasteiger charge is 2.48. The average Bonchev–Trinajstić information content (AvgIpc) is 3.10. The smallest absolute Gasteiger partial charge is 0.115 e. The number of aliphatic hydroxyl groups excluding tert-OH is 1. The molecule has 1 saturated heterocycles. The fourth-order valence-corrected chi connectivity index (χ4v) is 4.78. The van der Waals surface area contributed by atoms with Crippen molar-refractivity contribution in [1.29, 1.82) is 0 Å². The van der Waals surface area contributed by atoms with Gasteiger partial charge >= 0.3 is 0 Å². The molecule has 4 atom stereocenters. The molecule has 0 bridgehead atoms. The topological polar surface area (TPSA) is 76.8 Å². The Balaban J connectivity index is 1.32. The van der Waals surface area contributed by atoms with Crippen LogP contribution in [-0.2, 0) is 6.42 Å². The van der Waals surface area contributed by atoms with Crippen LogP contribution in [-0.4, -0.2) is 50.4 Å². The number of aliphatic hydroxyl groups is 2. The second-order valence-corrected chi connectivity index (χ2v) is 8.01. The molecule has 2 aliphatic rings. The van der Waals surface area contributed by atoms with Gasteiger partial charge in [-0.3, -0.25) is 9.88 Å². The molecule has 26 heavy (non-hydrogen) atoms. The Morgan fingerprint density at radius 3 is 2.27 bits per heavy atom. The number of phenols is 1. The molecule has 5 heteroatoms. The zero-order chi connectivity index (χ0) is 18.1. The monoisotopic (exact) mass is 354 g/mol. The molecule has 2 aromatic rings. The Bertz CT molecular complexity index is 721. The van der Waals surface area contributed by atoms with Crippen LogP contribution >= 0.6 is 0 Å². The highest BCUT2D eigenvalue weighted by molar-refractivity contribution is 5.27. The van der Waals surface area contributed by atoms with Gasteiger partial charge in [-0.25, -0.2) is 0 Å². The van der Waals surface area contributed by atoms with E-state index in [0.29, 0.717) is 24.8 Å². The Morgan fingerprint density at radius 2 is 1.65 bits per heavy atom. The normalized spacial score (nSPS) is 29.6. The van der Waals surface area contributed by atoms with Gasteiger partial charge in [0.2, 0.25) is 0 Å². The number of nitrogens with zero attached hydrogens (tertiary/aromatic N) is 2. The summed E-state index contributed by atoms with van der Waals surface area (Å²) in [6.45, 7) is 2.46. The number of hydrogen-bond acceptors (Lipinski definition) is 5. The minimum atomic E-state index is -0.613. The number of rotatable bonds is 5. The van der Waals surface area contributed by atoms with Crippen molar-refractivity contribution in [3.05, 3.63) is 59.9 Å². The molecule has 1 unspecified atom stereocenters. The van der Waals surface area contributed by atoms with E-state index >= 15 is 0 Å². The molecule has 1 aliphatic heterocycles. The van der Waals surface area contributed by atoms with E-state index < -0.39 is 11.7 Å². The van der Waals surface area contributed by atoms with E-state index in [4.69, 9.17) is 0 Å². The van der Waals surface area contributed by atoms with Gasteiger partial charge < -0.3 is 15.3 Å². The second kappa shape index (κ2) is 6.99. The summed E-state index contributed by atoms with van der Waals surface area (Å²) in [7, 11) is 0. The zero-order valence-electron chi connectivity index (χ0n) is 14.8. The first-order valence-electron chi connectivity index (χ1n) is 9.31. The van der Waals surface area contributed by atoms with E-state index in [0.717, 1.165) is 37.1 Å². The van der Waals surface area contributed by atoms with E-state index in [-0.39, 0.29) is 5.75 Å². The third kappa shape index (κ3) is 3.75. The summed E-state index contributed by atoms with van der Waals surface area (Å²) in [6.07, 6.45) is 5.35. The molecule has 138 valence electrons. The van der Waals surface area contributed by atoms with Crippen LogP contribution in [0.1, 0.15) is 30.1 Å². The third-order valence-corrected chi connectivity index (χ3v) is 5.93. The number of β-amino-alcohol motifs (C(OH)–C–C–N with tert-alkyl or cyclic N) is 1. The van der Waals surface area contributed by atoms with Crippen LogP contribution < -0.4 is 0 Å². The van der Waals surface area contributed by atoms with E-state index in [9.17, 15) is 15.3 Å². The average molecular weight is 354 g/mol. The number of hydrogen-bond donors (Lipinski definition) is 3. The second-order valence-electron chi connectivity index (χ2n) is 8.01. The lowest BCUT2D eigenvalue weighted by Gasteiger charge is -2.27. The maximum atomic E-state index is 11.0. The largest absolute Gasteiger partial charge is 0.508 e. The molecule has 4 rings (SSSR count). The molecular weight excluding hydrogens is 328 g/mol. The molecular formula is C21H26N2O3. The van der Waals surface area contributed by atoms with Crippen molar-refractivity contribution in [1.82, 2.24) is 9.88 Å². The van der Waals surface area contributed by atoms with Gasteiger partial charge in [0.25, 0.3) is 0 Å². The fraction of sp³-hybridized carbons (Fsp3) is 0.476. The van der Waals surface area contributed by atoms with Crippen molar-refractivity contribution in [2.24, 2.45) is 11.8 Å². The van der Waals surface area contributed by atoms with Crippen LogP contribution in [0.15, 0.2) is 48.8 Å².